The molecule has 142 valence electrons. The smallest absolute Gasteiger partial charge is 0.260 e. The van der Waals surface area contributed by atoms with Gasteiger partial charge in [-0.05, 0) is 31.4 Å². The van der Waals surface area contributed by atoms with Gasteiger partial charge in [0, 0.05) is 32.7 Å². The first kappa shape index (κ1) is 17.6. The Kier molecular flexibility index (Phi) is 5.09. The topological polar surface area (TPSA) is 67.7 Å². The van der Waals surface area contributed by atoms with Gasteiger partial charge in [-0.3, -0.25) is 14.3 Å². The molecule has 1 fully saturated rings. The van der Waals surface area contributed by atoms with Crippen molar-refractivity contribution in [2.45, 2.75) is 25.8 Å². The molecule has 1 aromatic heterocycles. The second-order valence-corrected chi connectivity index (χ2v) is 6.96. The molecule has 1 aromatic carbocycles. The zero-order valence-corrected chi connectivity index (χ0v) is 15.3. The van der Waals surface area contributed by atoms with E-state index in [4.69, 9.17) is 4.74 Å². The Bertz CT molecular complexity index is 810. The lowest BCUT2D eigenvalue weighted by atomic mass is 10.1. The van der Waals surface area contributed by atoms with Gasteiger partial charge in [0.25, 0.3) is 11.8 Å². The number of rotatable bonds is 4. The van der Waals surface area contributed by atoms with Crippen LogP contribution in [0.4, 0.5) is 0 Å². The normalized spacial score (nSPS) is 16.7. The van der Waals surface area contributed by atoms with Gasteiger partial charge in [-0.2, -0.15) is 5.10 Å². The maximum Gasteiger partial charge on any atom is 0.260 e. The van der Waals surface area contributed by atoms with Gasteiger partial charge in [-0.15, -0.1) is 0 Å². The Morgan fingerprint density at radius 3 is 2.48 bits per heavy atom. The average Bonchev–Trinajstić information content (AvgIpc) is 3.16. The number of para-hydroxylation sites is 1. The standard InChI is InChI=1S/C20H24N4O3/c25-19(15-27-16-6-2-1-3-7-16)22-10-12-23(13-11-22)20(26)17-14-21-24-9-5-4-8-18(17)24/h1-3,6-7,14H,4-5,8-13,15H2. The van der Waals surface area contributed by atoms with Crippen LogP contribution in [0.5, 0.6) is 5.75 Å². The van der Waals surface area contributed by atoms with Crippen molar-refractivity contribution in [1.82, 2.24) is 19.6 Å². The highest BCUT2D eigenvalue weighted by molar-refractivity contribution is 5.95. The molecular weight excluding hydrogens is 344 g/mol. The van der Waals surface area contributed by atoms with E-state index in [0.29, 0.717) is 31.9 Å². The van der Waals surface area contributed by atoms with Crippen LogP contribution in [0.15, 0.2) is 36.5 Å². The SMILES string of the molecule is O=C(COc1ccccc1)N1CCN(C(=O)c2cnn3c2CCCC3)CC1. The first-order valence-electron chi connectivity index (χ1n) is 9.52. The van der Waals surface area contributed by atoms with Crippen LogP contribution in [0.25, 0.3) is 0 Å². The molecule has 7 heteroatoms. The number of hydrogen-bond donors (Lipinski definition) is 0. The van der Waals surface area contributed by atoms with Crippen molar-refractivity contribution >= 4 is 11.8 Å². The Labute approximate surface area is 158 Å². The lowest BCUT2D eigenvalue weighted by Gasteiger charge is -2.34. The molecule has 3 heterocycles. The monoisotopic (exact) mass is 368 g/mol. The van der Waals surface area contributed by atoms with Crippen LogP contribution in [-0.4, -0.2) is 64.2 Å². The molecule has 0 unspecified atom stereocenters. The van der Waals surface area contributed by atoms with Gasteiger partial charge in [0.1, 0.15) is 5.75 Å². The maximum atomic E-state index is 12.9. The molecule has 2 aliphatic rings. The lowest BCUT2D eigenvalue weighted by Crippen LogP contribution is -2.51. The van der Waals surface area contributed by atoms with E-state index in [2.05, 4.69) is 5.10 Å². The highest BCUT2D eigenvalue weighted by Gasteiger charge is 2.28. The molecule has 27 heavy (non-hydrogen) atoms. The van der Waals surface area contributed by atoms with Crippen molar-refractivity contribution in [2.75, 3.05) is 32.8 Å². The van der Waals surface area contributed by atoms with E-state index >= 15 is 0 Å². The van der Waals surface area contributed by atoms with Crippen molar-refractivity contribution in [3.05, 3.63) is 47.8 Å². The molecule has 0 saturated carbocycles. The maximum absolute atomic E-state index is 12.9. The first-order chi connectivity index (χ1) is 13.2. The number of amides is 2. The summed E-state index contributed by atoms with van der Waals surface area (Å²) in [6.07, 6.45) is 4.84. The molecule has 0 aliphatic carbocycles. The number of carbonyl (C=O) groups is 2. The fourth-order valence-corrected chi connectivity index (χ4v) is 3.68. The number of benzene rings is 1. The largest absolute Gasteiger partial charge is 0.484 e. The number of ether oxygens (including phenoxy) is 1. The van der Waals surface area contributed by atoms with E-state index in [0.717, 1.165) is 37.1 Å². The molecule has 2 aromatic rings. The number of carbonyl (C=O) groups excluding carboxylic acids is 2. The first-order valence-corrected chi connectivity index (χ1v) is 9.52. The van der Waals surface area contributed by atoms with Gasteiger partial charge in [-0.25, -0.2) is 0 Å². The van der Waals surface area contributed by atoms with Gasteiger partial charge < -0.3 is 14.5 Å². The minimum Gasteiger partial charge on any atom is -0.484 e. The summed E-state index contributed by atoms with van der Waals surface area (Å²) in [4.78, 5) is 28.8. The Morgan fingerprint density at radius 1 is 0.963 bits per heavy atom. The zero-order chi connectivity index (χ0) is 18.6. The van der Waals surface area contributed by atoms with Gasteiger partial charge in [0.05, 0.1) is 17.5 Å². The number of aryl methyl sites for hydroxylation is 1. The summed E-state index contributed by atoms with van der Waals surface area (Å²) in [5, 5.41) is 4.36. The van der Waals surface area contributed by atoms with Crippen molar-refractivity contribution in [2.24, 2.45) is 0 Å². The molecule has 0 radical (unpaired) electrons. The number of aromatic nitrogens is 2. The minimum atomic E-state index is -0.0473. The van der Waals surface area contributed by atoms with Gasteiger partial charge in [-0.1, -0.05) is 18.2 Å². The van der Waals surface area contributed by atoms with Crippen molar-refractivity contribution in [3.8, 4) is 5.75 Å². The van der Waals surface area contributed by atoms with Crippen LogP contribution in [-0.2, 0) is 17.8 Å². The summed E-state index contributed by atoms with van der Waals surface area (Å²) >= 11 is 0. The van der Waals surface area contributed by atoms with Crippen LogP contribution in [0.1, 0.15) is 28.9 Å². The van der Waals surface area contributed by atoms with Crippen LogP contribution in [0, 0.1) is 0 Å². The van der Waals surface area contributed by atoms with Crippen LogP contribution >= 0.6 is 0 Å². The zero-order valence-electron chi connectivity index (χ0n) is 15.3. The van der Waals surface area contributed by atoms with E-state index in [1.807, 2.05) is 39.9 Å². The Balaban J connectivity index is 1.30. The van der Waals surface area contributed by atoms with Crippen molar-refractivity contribution < 1.29 is 14.3 Å². The number of nitrogens with zero attached hydrogens (tertiary/aromatic N) is 4. The molecule has 1 saturated heterocycles. The molecule has 0 bridgehead atoms. The highest BCUT2D eigenvalue weighted by atomic mass is 16.5. The summed E-state index contributed by atoms with van der Waals surface area (Å²) in [5.74, 6) is 0.672. The number of fused-ring (bicyclic) bond motifs is 1. The highest BCUT2D eigenvalue weighted by Crippen LogP contribution is 2.20. The molecule has 2 aliphatic heterocycles. The van der Waals surface area contributed by atoms with Gasteiger partial charge >= 0.3 is 0 Å². The number of hydrogen-bond acceptors (Lipinski definition) is 4. The lowest BCUT2D eigenvalue weighted by molar-refractivity contribution is -0.134. The minimum absolute atomic E-state index is 0.0227. The molecule has 0 atom stereocenters. The van der Waals surface area contributed by atoms with E-state index in [1.54, 1.807) is 11.1 Å². The van der Waals surface area contributed by atoms with Crippen molar-refractivity contribution in [3.63, 3.8) is 0 Å². The van der Waals surface area contributed by atoms with E-state index in [1.165, 1.54) is 0 Å². The van der Waals surface area contributed by atoms with E-state index < -0.39 is 0 Å². The summed E-state index contributed by atoms with van der Waals surface area (Å²) in [6, 6.07) is 9.31. The van der Waals surface area contributed by atoms with Crippen LogP contribution in [0.2, 0.25) is 0 Å². The predicted molar refractivity (Wildman–Crippen MR) is 99.6 cm³/mol. The molecular formula is C20H24N4O3. The van der Waals surface area contributed by atoms with Crippen LogP contribution < -0.4 is 4.74 Å². The number of piperazine rings is 1. The van der Waals surface area contributed by atoms with E-state index in [-0.39, 0.29) is 18.4 Å². The third-order valence-corrected chi connectivity index (χ3v) is 5.24. The van der Waals surface area contributed by atoms with Gasteiger partial charge in [0.15, 0.2) is 6.61 Å². The quantitative estimate of drug-likeness (QED) is 0.822. The third kappa shape index (κ3) is 3.82. The van der Waals surface area contributed by atoms with Crippen LogP contribution in [0.3, 0.4) is 0 Å². The van der Waals surface area contributed by atoms with E-state index in [9.17, 15) is 9.59 Å². The fourth-order valence-electron chi connectivity index (χ4n) is 3.68. The predicted octanol–water partition coefficient (Wildman–Crippen LogP) is 1.58. The summed E-state index contributed by atoms with van der Waals surface area (Å²) in [5.41, 5.74) is 1.78. The molecule has 7 nitrogen and oxygen atoms in total. The second-order valence-electron chi connectivity index (χ2n) is 6.96. The Morgan fingerprint density at radius 2 is 1.70 bits per heavy atom. The molecule has 0 N–H and O–H groups in total. The molecule has 0 spiro atoms. The summed E-state index contributed by atoms with van der Waals surface area (Å²) < 4.78 is 7.49. The molecule has 2 amide bonds. The average molecular weight is 368 g/mol. The van der Waals surface area contributed by atoms with Crippen molar-refractivity contribution in [1.29, 1.82) is 0 Å². The fraction of sp³-hybridized carbons (Fsp3) is 0.450. The van der Waals surface area contributed by atoms with Gasteiger partial charge in [0.2, 0.25) is 0 Å². The Hall–Kier alpha value is -2.83. The molecule has 4 rings (SSSR count). The summed E-state index contributed by atoms with van der Waals surface area (Å²) in [6.45, 7) is 3.07. The third-order valence-electron chi connectivity index (χ3n) is 5.24. The summed E-state index contributed by atoms with van der Waals surface area (Å²) in [7, 11) is 0. The second kappa shape index (κ2) is 7.82.